The van der Waals surface area contributed by atoms with Crippen molar-refractivity contribution >= 4 is 6.29 Å². The Labute approximate surface area is 67.8 Å². The molecule has 0 amide bonds. The molecule has 0 saturated carbocycles. The van der Waals surface area contributed by atoms with Gasteiger partial charge in [0, 0.05) is 0 Å². The summed E-state index contributed by atoms with van der Waals surface area (Å²) in [7, 11) is 1.22. The van der Waals surface area contributed by atoms with Crippen molar-refractivity contribution in [1.82, 2.24) is 0 Å². The van der Waals surface area contributed by atoms with Crippen LogP contribution in [-0.2, 0) is 0 Å². The maximum atomic E-state index is 12.8. The van der Waals surface area contributed by atoms with Crippen LogP contribution >= 0.6 is 0 Å². The Hall–Kier alpha value is -1.45. The van der Waals surface area contributed by atoms with Gasteiger partial charge in [0.2, 0.25) is 5.82 Å². The number of hydrogen-bond donors (Lipinski definition) is 0. The minimum atomic E-state index is -1.18. The monoisotopic (exact) mass is 172 g/mol. The molecule has 64 valence electrons. The fourth-order valence-electron chi connectivity index (χ4n) is 0.795. The molecule has 0 unspecified atom stereocenters. The SMILES string of the molecule is COc1ccc(C=O)c(F)c1F. The predicted molar refractivity (Wildman–Crippen MR) is 38.3 cm³/mol. The molecule has 0 bridgehead atoms. The summed E-state index contributed by atoms with van der Waals surface area (Å²) in [5.41, 5.74) is -0.312. The van der Waals surface area contributed by atoms with Crippen LogP contribution < -0.4 is 4.74 Å². The van der Waals surface area contributed by atoms with E-state index in [4.69, 9.17) is 0 Å². The van der Waals surface area contributed by atoms with Crippen molar-refractivity contribution in [3.8, 4) is 5.75 Å². The van der Waals surface area contributed by atoms with Crippen molar-refractivity contribution < 1.29 is 18.3 Å². The fraction of sp³-hybridized carbons (Fsp3) is 0.125. The molecule has 0 aliphatic rings. The molecule has 12 heavy (non-hydrogen) atoms. The van der Waals surface area contributed by atoms with Crippen molar-refractivity contribution in [2.24, 2.45) is 0 Å². The third-order valence-corrected chi connectivity index (χ3v) is 1.42. The van der Waals surface area contributed by atoms with Gasteiger partial charge in [-0.1, -0.05) is 0 Å². The number of ether oxygens (including phenoxy) is 1. The van der Waals surface area contributed by atoms with Crippen molar-refractivity contribution in [2.75, 3.05) is 7.11 Å². The number of methoxy groups -OCH3 is 1. The first-order valence-corrected chi connectivity index (χ1v) is 3.18. The van der Waals surface area contributed by atoms with E-state index in [9.17, 15) is 13.6 Å². The predicted octanol–water partition coefficient (Wildman–Crippen LogP) is 1.79. The van der Waals surface area contributed by atoms with Crippen molar-refractivity contribution in [1.29, 1.82) is 0 Å². The van der Waals surface area contributed by atoms with Crippen LogP contribution in [0.2, 0.25) is 0 Å². The number of carbonyl (C=O) groups excluding carboxylic acids is 1. The first kappa shape index (κ1) is 8.64. The van der Waals surface area contributed by atoms with Gasteiger partial charge in [0.05, 0.1) is 12.7 Å². The van der Waals surface area contributed by atoms with Crippen LogP contribution in [0.4, 0.5) is 8.78 Å². The maximum Gasteiger partial charge on any atom is 0.201 e. The minimum absolute atomic E-state index is 0.210. The lowest BCUT2D eigenvalue weighted by molar-refractivity contribution is 0.111. The number of hydrogen-bond acceptors (Lipinski definition) is 2. The smallest absolute Gasteiger partial charge is 0.201 e. The normalized spacial score (nSPS) is 9.58. The zero-order chi connectivity index (χ0) is 9.14. The summed E-state index contributed by atoms with van der Waals surface area (Å²) in [6.45, 7) is 0. The molecule has 0 fully saturated rings. The molecular weight excluding hydrogens is 166 g/mol. The Morgan fingerprint density at radius 1 is 1.33 bits per heavy atom. The Morgan fingerprint density at radius 2 is 2.00 bits per heavy atom. The molecule has 0 N–H and O–H groups in total. The topological polar surface area (TPSA) is 26.3 Å². The highest BCUT2D eigenvalue weighted by Crippen LogP contribution is 2.20. The Morgan fingerprint density at radius 3 is 2.50 bits per heavy atom. The molecule has 0 aromatic heterocycles. The van der Waals surface area contributed by atoms with E-state index in [-0.39, 0.29) is 17.6 Å². The van der Waals surface area contributed by atoms with Gasteiger partial charge in [-0.15, -0.1) is 0 Å². The van der Waals surface area contributed by atoms with E-state index in [1.54, 1.807) is 0 Å². The van der Waals surface area contributed by atoms with Crippen molar-refractivity contribution in [3.63, 3.8) is 0 Å². The molecule has 1 rings (SSSR count). The molecule has 0 aliphatic carbocycles. The number of benzene rings is 1. The van der Waals surface area contributed by atoms with Crippen LogP contribution in [0.3, 0.4) is 0 Å². The Balaban J connectivity index is 3.29. The molecule has 0 atom stereocenters. The lowest BCUT2D eigenvalue weighted by Gasteiger charge is -2.02. The largest absolute Gasteiger partial charge is 0.494 e. The number of carbonyl (C=O) groups is 1. The molecule has 0 radical (unpaired) electrons. The second kappa shape index (κ2) is 3.30. The average molecular weight is 172 g/mol. The van der Waals surface area contributed by atoms with Crippen LogP contribution in [-0.4, -0.2) is 13.4 Å². The molecule has 1 aromatic rings. The third-order valence-electron chi connectivity index (χ3n) is 1.42. The lowest BCUT2D eigenvalue weighted by Crippen LogP contribution is -1.96. The minimum Gasteiger partial charge on any atom is -0.494 e. The zero-order valence-corrected chi connectivity index (χ0v) is 6.30. The number of rotatable bonds is 2. The number of halogens is 2. The highest BCUT2D eigenvalue weighted by Gasteiger charge is 2.12. The van der Waals surface area contributed by atoms with Crippen molar-refractivity contribution in [2.45, 2.75) is 0 Å². The average Bonchev–Trinajstić information content (AvgIpc) is 2.10. The van der Waals surface area contributed by atoms with Gasteiger partial charge < -0.3 is 4.74 Å². The first-order valence-electron chi connectivity index (χ1n) is 3.18. The van der Waals surface area contributed by atoms with Crippen LogP contribution in [0.15, 0.2) is 12.1 Å². The van der Waals surface area contributed by atoms with Gasteiger partial charge in [0.1, 0.15) is 0 Å². The van der Waals surface area contributed by atoms with Gasteiger partial charge in [-0.25, -0.2) is 4.39 Å². The molecule has 0 spiro atoms. The van der Waals surface area contributed by atoms with Crippen molar-refractivity contribution in [3.05, 3.63) is 29.3 Å². The van der Waals surface area contributed by atoms with E-state index >= 15 is 0 Å². The summed E-state index contributed by atoms with van der Waals surface area (Å²) in [6.07, 6.45) is 0.248. The van der Waals surface area contributed by atoms with E-state index in [0.29, 0.717) is 0 Å². The Kier molecular flexibility index (Phi) is 2.38. The van der Waals surface area contributed by atoms with Gasteiger partial charge in [0.15, 0.2) is 17.9 Å². The highest BCUT2D eigenvalue weighted by molar-refractivity contribution is 5.75. The van der Waals surface area contributed by atoms with Gasteiger partial charge in [-0.2, -0.15) is 4.39 Å². The quantitative estimate of drug-likeness (QED) is 0.635. The van der Waals surface area contributed by atoms with E-state index in [2.05, 4.69) is 4.74 Å². The maximum absolute atomic E-state index is 12.8. The molecule has 0 aliphatic heterocycles. The summed E-state index contributed by atoms with van der Waals surface area (Å²) in [5.74, 6) is -2.52. The lowest BCUT2D eigenvalue weighted by atomic mass is 10.2. The zero-order valence-electron chi connectivity index (χ0n) is 6.30. The van der Waals surface area contributed by atoms with Crippen LogP contribution in [0, 0.1) is 11.6 Å². The molecule has 1 aromatic carbocycles. The van der Waals surface area contributed by atoms with E-state index in [1.807, 2.05) is 0 Å². The third kappa shape index (κ3) is 1.28. The standard InChI is InChI=1S/C8H6F2O2/c1-12-6-3-2-5(4-11)7(9)8(6)10/h2-4H,1H3. The van der Waals surface area contributed by atoms with Crippen LogP contribution in [0.1, 0.15) is 10.4 Å². The van der Waals surface area contributed by atoms with E-state index < -0.39 is 11.6 Å². The van der Waals surface area contributed by atoms with Gasteiger partial charge in [-0.05, 0) is 12.1 Å². The second-order valence-electron chi connectivity index (χ2n) is 2.10. The molecule has 0 heterocycles. The molecule has 4 heteroatoms. The summed E-state index contributed by atoms with van der Waals surface area (Å²) >= 11 is 0. The van der Waals surface area contributed by atoms with Gasteiger partial charge >= 0.3 is 0 Å². The number of aldehydes is 1. The second-order valence-corrected chi connectivity index (χ2v) is 2.10. The molecule has 2 nitrogen and oxygen atoms in total. The first-order chi connectivity index (χ1) is 5.70. The fourth-order valence-corrected chi connectivity index (χ4v) is 0.795. The summed E-state index contributed by atoms with van der Waals surface area (Å²) in [6, 6.07) is 2.35. The summed E-state index contributed by atoms with van der Waals surface area (Å²) in [5, 5.41) is 0. The molecule has 0 saturated heterocycles. The summed E-state index contributed by atoms with van der Waals surface area (Å²) < 4.78 is 30.0. The van der Waals surface area contributed by atoms with E-state index in [0.717, 1.165) is 6.07 Å². The van der Waals surface area contributed by atoms with Crippen LogP contribution in [0.25, 0.3) is 0 Å². The highest BCUT2D eigenvalue weighted by atomic mass is 19.2. The summed E-state index contributed by atoms with van der Waals surface area (Å²) in [4.78, 5) is 10.1. The van der Waals surface area contributed by atoms with Gasteiger partial charge in [-0.3, -0.25) is 4.79 Å². The molecular formula is C8H6F2O2. The Bertz CT molecular complexity index is 310. The van der Waals surface area contributed by atoms with E-state index in [1.165, 1.54) is 13.2 Å². The van der Waals surface area contributed by atoms with Crippen LogP contribution in [0.5, 0.6) is 5.75 Å². The van der Waals surface area contributed by atoms with Gasteiger partial charge in [0.25, 0.3) is 0 Å².